The van der Waals surface area contributed by atoms with E-state index in [9.17, 15) is 4.79 Å². The first-order valence-electron chi connectivity index (χ1n) is 7.30. The molecule has 108 valence electrons. The largest absolute Gasteiger partial charge is 0.329 e. The number of aromatic nitrogens is 1. The predicted molar refractivity (Wildman–Crippen MR) is 79.5 cm³/mol. The first-order valence-corrected chi connectivity index (χ1v) is 7.68. The second-order valence-electron chi connectivity index (χ2n) is 7.05. The lowest BCUT2D eigenvalue weighted by Crippen LogP contribution is -2.67. The van der Waals surface area contributed by atoms with Crippen molar-refractivity contribution < 1.29 is 4.79 Å². The van der Waals surface area contributed by atoms with Crippen molar-refractivity contribution in [3.8, 4) is 0 Å². The molecule has 4 heteroatoms. The first-order chi connectivity index (χ1) is 9.36. The molecular formula is C16H21ClN2O. The van der Waals surface area contributed by atoms with Crippen LogP contribution in [0.4, 0.5) is 0 Å². The molecule has 2 fully saturated rings. The molecule has 1 aromatic heterocycles. The number of amides is 1. The third-order valence-corrected chi connectivity index (χ3v) is 4.89. The van der Waals surface area contributed by atoms with Gasteiger partial charge >= 0.3 is 0 Å². The molecule has 0 bridgehead atoms. The Labute approximate surface area is 125 Å². The van der Waals surface area contributed by atoms with Crippen molar-refractivity contribution >= 4 is 17.5 Å². The third-order valence-electron chi connectivity index (χ3n) is 4.69. The monoisotopic (exact) mass is 292 g/mol. The van der Waals surface area contributed by atoms with Crippen molar-refractivity contribution in [3.63, 3.8) is 0 Å². The molecule has 1 aliphatic carbocycles. The highest BCUT2D eigenvalue weighted by molar-refractivity contribution is 6.30. The van der Waals surface area contributed by atoms with Crippen LogP contribution in [0.2, 0.25) is 5.02 Å². The van der Waals surface area contributed by atoms with Crippen LogP contribution in [0.5, 0.6) is 0 Å². The Balaban J connectivity index is 2.05. The molecule has 1 aliphatic heterocycles. The predicted octanol–water partition coefficient (Wildman–Crippen LogP) is 3.98. The zero-order valence-electron chi connectivity index (χ0n) is 12.3. The molecule has 3 nitrogen and oxygen atoms in total. The second kappa shape index (κ2) is 4.45. The van der Waals surface area contributed by atoms with Gasteiger partial charge in [-0.05, 0) is 45.2 Å². The number of β-lactam (4-membered cyclic amide) rings is 1. The van der Waals surface area contributed by atoms with Crippen LogP contribution >= 0.6 is 11.6 Å². The summed E-state index contributed by atoms with van der Waals surface area (Å²) in [5.41, 5.74) is 0.714. The van der Waals surface area contributed by atoms with Crippen molar-refractivity contribution in [2.75, 3.05) is 0 Å². The summed E-state index contributed by atoms with van der Waals surface area (Å²) in [6, 6.07) is 2.09. The van der Waals surface area contributed by atoms with E-state index in [0.29, 0.717) is 10.9 Å². The van der Waals surface area contributed by atoms with Crippen LogP contribution in [0.15, 0.2) is 18.5 Å². The molecule has 3 rings (SSSR count). The van der Waals surface area contributed by atoms with Gasteiger partial charge in [-0.2, -0.15) is 0 Å². The van der Waals surface area contributed by atoms with Gasteiger partial charge in [0.2, 0.25) is 5.91 Å². The zero-order valence-corrected chi connectivity index (χ0v) is 13.1. The van der Waals surface area contributed by atoms with E-state index >= 15 is 0 Å². The summed E-state index contributed by atoms with van der Waals surface area (Å²) in [4.78, 5) is 19.0. The fourth-order valence-electron chi connectivity index (χ4n) is 3.89. The Bertz CT molecular complexity index is 544. The number of hydrogen-bond acceptors (Lipinski definition) is 2. The van der Waals surface area contributed by atoms with Gasteiger partial charge in [-0.15, -0.1) is 0 Å². The standard InChI is InChI=1S/C16H21ClN2O/c1-15(2,3)19-13(11-8-12(17)10-18-9-11)16(14(19)20)6-4-5-7-16/h8-10,13H,4-7H2,1-3H3. The van der Waals surface area contributed by atoms with Gasteiger partial charge in [-0.1, -0.05) is 24.4 Å². The lowest BCUT2D eigenvalue weighted by atomic mass is 9.65. The summed E-state index contributed by atoms with van der Waals surface area (Å²) in [5, 5.41) is 0.642. The van der Waals surface area contributed by atoms with Gasteiger partial charge in [-0.3, -0.25) is 9.78 Å². The van der Waals surface area contributed by atoms with E-state index in [4.69, 9.17) is 11.6 Å². The quantitative estimate of drug-likeness (QED) is 0.734. The van der Waals surface area contributed by atoms with Gasteiger partial charge in [-0.25, -0.2) is 0 Å². The fourth-order valence-corrected chi connectivity index (χ4v) is 4.07. The molecule has 2 heterocycles. The van der Waals surface area contributed by atoms with Crippen LogP contribution in [0.25, 0.3) is 0 Å². The second-order valence-corrected chi connectivity index (χ2v) is 7.48. The van der Waals surface area contributed by atoms with E-state index in [-0.39, 0.29) is 17.0 Å². The molecule has 1 amide bonds. The number of likely N-dealkylation sites (tertiary alicyclic amines) is 1. The molecule has 1 aromatic rings. The Morgan fingerprint density at radius 1 is 1.30 bits per heavy atom. The van der Waals surface area contributed by atoms with Crippen LogP contribution in [-0.2, 0) is 4.79 Å². The van der Waals surface area contributed by atoms with Crippen LogP contribution in [-0.4, -0.2) is 21.3 Å². The lowest BCUT2D eigenvalue weighted by molar-refractivity contribution is -0.184. The number of carbonyl (C=O) groups is 1. The summed E-state index contributed by atoms with van der Waals surface area (Å²) in [7, 11) is 0. The van der Waals surface area contributed by atoms with Gasteiger partial charge in [0, 0.05) is 17.9 Å². The molecule has 1 atom stereocenters. The number of halogens is 1. The van der Waals surface area contributed by atoms with Crippen LogP contribution in [0, 0.1) is 5.41 Å². The maximum Gasteiger partial charge on any atom is 0.232 e. The van der Waals surface area contributed by atoms with Crippen molar-refractivity contribution in [1.29, 1.82) is 0 Å². The van der Waals surface area contributed by atoms with Crippen LogP contribution in [0.1, 0.15) is 58.1 Å². The smallest absolute Gasteiger partial charge is 0.232 e. The minimum atomic E-state index is -0.195. The number of hydrogen-bond donors (Lipinski definition) is 0. The Kier molecular flexibility index (Phi) is 3.09. The van der Waals surface area contributed by atoms with Gasteiger partial charge in [0.05, 0.1) is 16.5 Å². The van der Waals surface area contributed by atoms with E-state index in [1.807, 2.05) is 17.2 Å². The molecular weight excluding hydrogens is 272 g/mol. The summed E-state index contributed by atoms with van der Waals surface area (Å²) in [6.07, 6.45) is 7.80. The first kappa shape index (κ1) is 13.9. The molecule has 20 heavy (non-hydrogen) atoms. The maximum atomic E-state index is 12.8. The number of carbonyl (C=O) groups excluding carboxylic acids is 1. The van der Waals surface area contributed by atoms with Crippen molar-refractivity contribution in [1.82, 2.24) is 9.88 Å². The van der Waals surface area contributed by atoms with Gasteiger partial charge < -0.3 is 4.90 Å². The molecule has 0 aromatic carbocycles. The summed E-state index contributed by atoms with van der Waals surface area (Å²) in [5.74, 6) is 0.312. The van der Waals surface area contributed by atoms with E-state index in [1.54, 1.807) is 6.20 Å². The average Bonchev–Trinajstić information content (AvgIpc) is 2.85. The summed E-state index contributed by atoms with van der Waals surface area (Å²) in [6.45, 7) is 6.28. The number of pyridine rings is 1. The molecule has 1 saturated carbocycles. The molecule has 1 saturated heterocycles. The van der Waals surface area contributed by atoms with Gasteiger partial charge in [0.1, 0.15) is 0 Å². The maximum absolute atomic E-state index is 12.8. The fraction of sp³-hybridized carbons (Fsp3) is 0.625. The minimum absolute atomic E-state index is 0.128. The highest BCUT2D eigenvalue weighted by Gasteiger charge is 2.64. The molecule has 1 spiro atoms. The van der Waals surface area contributed by atoms with E-state index < -0.39 is 0 Å². The molecule has 0 radical (unpaired) electrons. The third kappa shape index (κ3) is 1.86. The Morgan fingerprint density at radius 3 is 2.50 bits per heavy atom. The van der Waals surface area contributed by atoms with E-state index in [0.717, 1.165) is 31.2 Å². The highest BCUT2D eigenvalue weighted by atomic mass is 35.5. The SMILES string of the molecule is CC(C)(C)N1C(=O)C2(CCCC2)C1c1cncc(Cl)c1. The number of nitrogens with zero attached hydrogens (tertiary/aromatic N) is 2. The minimum Gasteiger partial charge on any atom is -0.329 e. The van der Waals surface area contributed by atoms with E-state index in [1.165, 1.54) is 0 Å². The van der Waals surface area contributed by atoms with Crippen LogP contribution < -0.4 is 0 Å². The van der Waals surface area contributed by atoms with Gasteiger partial charge in [0.15, 0.2) is 0 Å². The van der Waals surface area contributed by atoms with Crippen molar-refractivity contribution in [2.45, 2.75) is 58.0 Å². The number of rotatable bonds is 1. The topological polar surface area (TPSA) is 33.2 Å². The molecule has 2 aliphatic rings. The summed E-state index contributed by atoms with van der Waals surface area (Å²) < 4.78 is 0. The van der Waals surface area contributed by atoms with E-state index in [2.05, 4.69) is 25.8 Å². The highest BCUT2D eigenvalue weighted by Crippen LogP contribution is 2.61. The molecule has 1 unspecified atom stereocenters. The van der Waals surface area contributed by atoms with Crippen molar-refractivity contribution in [3.05, 3.63) is 29.0 Å². The summed E-state index contributed by atoms with van der Waals surface area (Å²) >= 11 is 6.10. The normalized spacial score (nSPS) is 25.1. The average molecular weight is 293 g/mol. The molecule has 0 N–H and O–H groups in total. The van der Waals surface area contributed by atoms with Crippen molar-refractivity contribution in [2.24, 2.45) is 5.41 Å². The van der Waals surface area contributed by atoms with Gasteiger partial charge in [0.25, 0.3) is 0 Å². The lowest BCUT2D eigenvalue weighted by Gasteiger charge is -2.60. The zero-order chi connectivity index (χ0) is 14.5. The Hall–Kier alpha value is -1.09. The van der Waals surface area contributed by atoms with Crippen LogP contribution in [0.3, 0.4) is 0 Å². The Morgan fingerprint density at radius 2 is 1.95 bits per heavy atom.